The standard InChI is InChI=1S/C15H25N3O3/c1-4-17(5-2)9-10-18(11-12-21-3)14-8-6-7-13(16-14)15(19)20/h6-8H,4-5,9-12H2,1-3H3,(H,19,20). The van der Waals surface area contributed by atoms with Crippen LogP contribution in [0.5, 0.6) is 0 Å². The van der Waals surface area contributed by atoms with Crippen molar-refractivity contribution in [2.75, 3.05) is 51.3 Å². The minimum absolute atomic E-state index is 0.0674. The molecule has 6 heteroatoms. The number of carbonyl (C=O) groups is 1. The fraction of sp³-hybridized carbons (Fsp3) is 0.600. The van der Waals surface area contributed by atoms with Crippen LogP contribution in [-0.2, 0) is 4.74 Å². The Morgan fingerprint density at radius 1 is 1.24 bits per heavy atom. The van der Waals surface area contributed by atoms with Crippen LogP contribution in [0, 0.1) is 0 Å². The van der Waals surface area contributed by atoms with Crippen LogP contribution in [0.2, 0.25) is 0 Å². The van der Waals surface area contributed by atoms with Crippen LogP contribution < -0.4 is 4.90 Å². The number of carboxylic acid groups (broad SMARTS) is 1. The van der Waals surface area contributed by atoms with Gasteiger partial charge in [0, 0.05) is 26.7 Å². The fourth-order valence-corrected chi connectivity index (χ4v) is 2.06. The highest BCUT2D eigenvalue weighted by molar-refractivity contribution is 5.85. The highest BCUT2D eigenvalue weighted by Gasteiger charge is 2.12. The fourth-order valence-electron chi connectivity index (χ4n) is 2.06. The van der Waals surface area contributed by atoms with Crippen LogP contribution in [0.1, 0.15) is 24.3 Å². The summed E-state index contributed by atoms with van der Waals surface area (Å²) in [6, 6.07) is 5.07. The van der Waals surface area contributed by atoms with Gasteiger partial charge in [-0.15, -0.1) is 0 Å². The molecule has 1 aromatic rings. The molecule has 0 amide bonds. The maximum Gasteiger partial charge on any atom is 0.354 e. The molecule has 0 saturated carbocycles. The third kappa shape index (κ3) is 5.69. The summed E-state index contributed by atoms with van der Waals surface area (Å²) in [7, 11) is 1.66. The van der Waals surface area contributed by atoms with Crippen LogP contribution in [-0.4, -0.2) is 67.4 Å². The molecule has 0 spiro atoms. The molecule has 0 saturated heterocycles. The minimum atomic E-state index is -1.01. The van der Waals surface area contributed by atoms with Gasteiger partial charge in [-0.3, -0.25) is 0 Å². The third-order valence-corrected chi connectivity index (χ3v) is 3.42. The van der Waals surface area contributed by atoms with Gasteiger partial charge in [0.25, 0.3) is 0 Å². The molecule has 0 bridgehead atoms. The number of nitrogens with zero attached hydrogens (tertiary/aromatic N) is 3. The van der Waals surface area contributed by atoms with Gasteiger partial charge in [-0.05, 0) is 25.2 Å². The molecule has 118 valence electrons. The number of rotatable bonds is 10. The second-order valence-corrected chi connectivity index (χ2v) is 4.69. The number of aromatic nitrogens is 1. The monoisotopic (exact) mass is 295 g/mol. The molecule has 1 N–H and O–H groups in total. The molecule has 0 aliphatic heterocycles. The minimum Gasteiger partial charge on any atom is -0.477 e. The summed E-state index contributed by atoms with van der Waals surface area (Å²) >= 11 is 0. The number of ether oxygens (including phenoxy) is 1. The summed E-state index contributed by atoms with van der Waals surface area (Å²) in [5, 5.41) is 9.05. The lowest BCUT2D eigenvalue weighted by Gasteiger charge is -2.27. The van der Waals surface area contributed by atoms with Gasteiger partial charge in [-0.25, -0.2) is 9.78 Å². The van der Waals surface area contributed by atoms with E-state index in [4.69, 9.17) is 9.84 Å². The molecule has 0 aromatic carbocycles. The van der Waals surface area contributed by atoms with E-state index < -0.39 is 5.97 Å². The number of aromatic carboxylic acids is 1. The first-order chi connectivity index (χ1) is 10.1. The second-order valence-electron chi connectivity index (χ2n) is 4.69. The molecule has 1 rings (SSSR count). The number of carboxylic acids is 1. The predicted octanol–water partition coefficient (Wildman–Crippen LogP) is 1.57. The largest absolute Gasteiger partial charge is 0.477 e. The molecule has 1 aromatic heterocycles. The number of likely N-dealkylation sites (N-methyl/N-ethyl adjacent to an activating group) is 1. The normalized spacial score (nSPS) is 10.9. The Morgan fingerprint density at radius 2 is 1.95 bits per heavy atom. The van der Waals surface area contributed by atoms with E-state index in [0.29, 0.717) is 19.0 Å². The molecule has 21 heavy (non-hydrogen) atoms. The molecule has 0 aliphatic carbocycles. The van der Waals surface area contributed by atoms with E-state index in [1.54, 1.807) is 13.2 Å². The topological polar surface area (TPSA) is 65.9 Å². The smallest absolute Gasteiger partial charge is 0.354 e. The van der Waals surface area contributed by atoms with Gasteiger partial charge in [0.1, 0.15) is 5.82 Å². The highest BCUT2D eigenvalue weighted by atomic mass is 16.5. The van der Waals surface area contributed by atoms with Crippen molar-refractivity contribution < 1.29 is 14.6 Å². The van der Waals surface area contributed by atoms with Gasteiger partial charge >= 0.3 is 5.97 Å². The van der Waals surface area contributed by atoms with Gasteiger partial charge in [-0.2, -0.15) is 0 Å². The van der Waals surface area contributed by atoms with Crippen LogP contribution >= 0.6 is 0 Å². The zero-order valence-corrected chi connectivity index (χ0v) is 13.1. The molecule has 0 atom stereocenters. The Kier molecular flexibility index (Phi) is 7.71. The van der Waals surface area contributed by atoms with E-state index in [1.165, 1.54) is 6.07 Å². The van der Waals surface area contributed by atoms with E-state index in [0.717, 1.165) is 26.2 Å². The summed E-state index contributed by atoms with van der Waals surface area (Å²) in [6.45, 7) is 9.23. The van der Waals surface area contributed by atoms with Crippen molar-refractivity contribution in [1.29, 1.82) is 0 Å². The van der Waals surface area contributed by atoms with E-state index in [2.05, 4.69) is 28.6 Å². The second kappa shape index (κ2) is 9.31. The molecular weight excluding hydrogens is 270 g/mol. The summed E-state index contributed by atoms with van der Waals surface area (Å²) in [5.41, 5.74) is 0.0674. The lowest BCUT2D eigenvalue weighted by Crippen LogP contribution is -2.37. The van der Waals surface area contributed by atoms with Crippen molar-refractivity contribution in [3.05, 3.63) is 23.9 Å². The summed E-state index contributed by atoms with van der Waals surface area (Å²) in [5.74, 6) is -0.327. The van der Waals surface area contributed by atoms with Gasteiger partial charge < -0.3 is 19.6 Å². The maximum absolute atomic E-state index is 11.0. The third-order valence-electron chi connectivity index (χ3n) is 3.42. The maximum atomic E-state index is 11.0. The molecule has 0 radical (unpaired) electrons. The zero-order chi connectivity index (χ0) is 15.7. The number of hydrogen-bond donors (Lipinski definition) is 1. The SMILES string of the molecule is CCN(CC)CCN(CCOC)c1cccc(C(=O)O)n1. The van der Waals surface area contributed by atoms with E-state index in [9.17, 15) is 4.79 Å². The summed E-state index contributed by atoms with van der Waals surface area (Å²) in [6.07, 6.45) is 0. The number of anilines is 1. The molecule has 6 nitrogen and oxygen atoms in total. The van der Waals surface area contributed by atoms with Crippen LogP contribution in [0.3, 0.4) is 0 Å². The lowest BCUT2D eigenvalue weighted by atomic mass is 10.3. The van der Waals surface area contributed by atoms with Crippen molar-refractivity contribution in [3.8, 4) is 0 Å². The molecule has 1 heterocycles. The van der Waals surface area contributed by atoms with Gasteiger partial charge in [-0.1, -0.05) is 19.9 Å². The van der Waals surface area contributed by atoms with Gasteiger partial charge in [0.15, 0.2) is 5.69 Å². The Morgan fingerprint density at radius 3 is 2.52 bits per heavy atom. The van der Waals surface area contributed by atoms with E-state index >= 15 is 0 Å². The van der Waals surface area contributed by atoms with Crippen LogP contribution in [0.4, 0.5) is 5.82 Å². The lowest BCUT2D eigenvalue weighted by molar-refractivity contribution is 0.0690. The average Bonchev–Trinajstić information content (AvgIpc) is 2.51. The molecular formula is C15H25N3O3. The molecule has 0 fully saturated rings. The Balaban J connectivity index is 2.80. The first-order valence-corrected chi connectivity index (χ1v) is 7.28. The molecule has 0 aliphatic rings. The van der Waals surface area contributed by atoms with Gasteiger partial charge in [0.05, 0.1) is 6.61 Å². The first kappa shape index (κ1) is 17.4. The first-order valence-electron chi connectivity index (χ1n) is 7.28. The van der Waals surface area contributed by atoms with Crippen LogP contribution in [0.15, 0.2) is 18.2 Å². The van der Waals surface area contributed by atoms with Gasteiger partial charge in [0.2, 0.25) is 0 Å². The number of methoxy groups -OCH3 is 1. The van der Waals surface area contributed by atoms with Crippen molar-refractivity contribution >= 4 is 11.8 Å². The van der Waals surface area contributed by atoms with Crippen molar-refractivity contribution in [2.45, 2.75) is 13.8 Å². The Bertz CT molecular complexity index is 436. The average molecular weight is 295 g/mol. The number of hydrogen-bond acceptors (Lipinski definition) is 5. The van der Waals surface area contributed by atoms with E-state index in [1.807, 2.05) is 6.07 Å². The number of pyridine rings is 1. The summed E-state index contributed by atoms with van der Waals surface area (Å²) in [4.78, 5) is 19.6. The van der Waals surface area contributed by atoms with E-state index in [-0.39, 0.29) is 5.69 Å². The Hall–Kier alpha value is -1.66. The van der Waals surface area contributed by atoms with Crippen LogP contribution in [0.25, 0.3) is 0 Å². The highest BCUT2D eigenvalue weighted by Crippen LogP contribution is 2.11. The Labute approximate surface area is 126 Å². The zero-order valence-electron chi connectivity index (χ0n) is 13.1. The van der Waals surface area contributed by atoms with Crippen molar-refractivity contribution in [2.24, 2.45) is 0 Å². The molecule has 0 unspecified atom stereocenters. The summed E-state index contributed by atoms with van der Waals surface area (Å²) < 4.78 is 5.13. The predicted molar refractivity (Wildman–Crippen MR) is 83.1 cm³/mol. The quantitative estimate of drug-likeness (QED) is 0.707. The van der Waals surface area contributed by atoms with Crippen molar-refractivity contribution in [1.82, 2.24) is 9.88 Å². The van der Waals surface area contributed by atoms with Crippen molar-refractivity contribution in [3.63, 3.8) is 0 Å².